The van der Waals surface area contributed by atoms with Crippen LogP contribution in [0.4, 0.5) is 5.13 Å². The van der Waals surface area contributed by atoms with E-state index in [1.54, 1.807) is 0 Å². The summed E-state index contributed by atoms with van der Waals surface area (Å²) in [4.78, 5) is 38.6. The van der Waals surface area contributed by atoms with Crippen LogP contribution in [0.2, 0.25) is 0 Å². The van der Waals surface area contributed by atoms with Crippen LogP contribution >= 0.6 is 11.3 Å². The molecule has 1 aromatic rings. The highest BCUT2D eigenvalue weighted by Crippen LogP contribution is 2.29. The second-order valence-electron chi connectivity index (χ2n) is 5.12. The van der Waals surface area contributed by atoms with E-state index in [2.05, 4.69) is 15.6 Å². The number of hydrogen-bond acceptors (Lipinski definition) is 5. The van der Waals surface area contributed by atoms with Crippen molar-refractivity contribution in [2.24, 2.45) is 0 Å². The minimum absolute atomic E-state index is 0.120. The molecule has 1 aromatic heterocycles. The van der Waals surface area contributed by atoms with Gasteiger partial charge in [-0.15, -0.1) is 11.3 Å². The lowest BCUT2D eigenvalue weighted by Crippen LogP contribution is -2.55. The summed E-state index contributed by atoms with van der Waals surface area (Å²) in [6.07, 6.45) is 3.39. The number of amides is 2. The van der Waals surface area contributed by atoms with Crippen LogP contribution in [-0.4, -0.2) is 33.4 Å². The van der Waals surface area contributed by atoms with E-state index in [1.807, 2.05) is 0 Å². The molecule has 0 bridgehead atoms. The van der Waals surface area contributed by atoms with Crippen LogP contribution in [-0.2, 0) is 9.59 Å². The summed E-state index contributed by atoms with van der Waals surface area (Å²) in [6.45, 7) is 1.35. The van der Waals surface area contributed by atoms with Gasteiger partial charge < -0.3 is 15.7 Å². The van der Waals surface area contributed by atoms with Crippen molar-refractivity contribution in [2.75, 3.05) is 5.32 Å². The number of aromatic nitrogens is 1. The Labute approximate surface area is 125 Å². The first-order chi connectivity index (χ1) is 9.93. The highest BCUT2D eigenvalue weighted by molar-refractivity contribution is 7.14. The summed E-state index contributed by atoms with van der Waals surface area (Å²) in [7, 11) is 0. The molecule has 3 N–H and O–H groups in total. The molecule has 1 aliphatic rings. The number of anilines is 1. The molecule has 0 spiro atoms. The normalized spacial score (nSPS) is 17.0. The van der Waals surface area contributed by atoms with Gasteiger partial charge in [0.15, 0.2) is 5.13 Å². The largest absolute Gasteiger partial charge is 0.480 e. The fourth-order valence-corrected chi connectivity index (χ4v) is 3.15. The first-order valence-electron chi connectivity index (χ1n) is 6.72. The molecule has 1 fully saturated rings. The van der Waals surface area contributed by atoms with Crippen molar-refractivity contribution in [3.63, 3.8) is 0 Å². The van der Waals surface area contributed by atoms with Crippen molar-refractivity contribution in [2.45, 2.75) is 44.6 Å². The standard InChI is InChI=1S/C13H17N3O4S/c1-8(17)14-12-15-9(7-21-12)10(18)16-13(11(19)20)5-3-2-4-6-13/h7H,2-6H2,1H3,(H,16,18)(H,19,20)(H,14,15,17). The SMILES string of the molecule is CC(=O)Nc1nc(C(=O)NC2(C(=O)O)CCCCC2)cs1. The Morgan fingerprint density at radius 1 is 1.29 bits per heavy atom. The maximum Gasteiger partial charge on any atom is 0.329 e. The second-order valence-corrected chi connectivity index (χ2v) is 5.98. The van der Waals surface area contributed by atoms with E-state index in [0.29, 0.717) is 18.0 Å². The molecule has 114 valence electrons. The quantitative estimate of drug-likeness (QED) is 0.783. The lowest BCUT2D eigenvalue weighted by molar-refractivity contribution is -0.145. The topological polar surface area (TPSA) is 108 Å². The Hall–Kier alpha value is -1.96. The number of carbonyl (C=O) groups is 3. The predicted molar refractivity (Wildman–Crippen MR) is 77.3 cm³/mol. The van der Waals surface area contributed by atoms with Gasteiger partial charge in [0, 0.05) is 12.3 Å². The van der Waals surface area contributed by atoms with Crippen molar-refractivity contribution >= 4 is 34.3 Å². The van der Waals surface area contributed by atoms with Gasteiger partial charge in [-0.2, -0.15) is 0 Å². The summed E-state index contributed by atoms with van der Waals surface area (Å²) >= 11 is 1.12. The smallest absolute Gasteiger partial charge is 0.329 e. The zero-order chi connectivity index (χ0) is 15.5. The van der Waals surface area contributed by atoms with Crippen LogP contribution in [0.15, 0.2) is 5.38 Å². The van der Waals surface area contributed by atoms with E-state index in [4.69, 9.17) is 0 Å². The first kappa shape index (κ1) is 15.4. The molecular weight excluding hydrogens is 294 g/mol. The Kier molecular flexibility index (Phi) is 4.56. The number of carbonyl (C=O) groups excluding carboxylic acids is 2. The van der Waals surface area contributed by atoms with E-state index >= 15 is 0 Å². The van der Waals surface area contributed by atoms with E-state index in [-0.39, 0.29) is 11.6 Å². The summed E-state index contributed by atoms with van der Waals surface area (Å²) < 4.78 is 0. The van der Waals surface area contributed by atoms with Crippen LogP contribution in [0.5, 0.6) is 0 Å². The average molecular weight is 311 g/mol. The molecule has 2 rings (SSSR count). The van der Waals surface area contributed by atoms with Crippen molar-refractivity contribution < 1.29 is 19.5 Å². The number of carboxylic acid groups (broad SMARTS) is 1. The number of rotatable bonds is 4. The molecule has 0 aromatic carbocycles. The van der Waals surface area contributed by atoms with E-state index in [9.17, 15) is 19.5 Å². The van der Waals surface area contributed by atoms with Crippen LogP contribution in [0.3, 0.4) is 0 Å². The monoisotopic (exact) mass is 311 g/mol. The van der Waals surface area contributed by atoms with Gasteiger partial charge in [-0.25, -0.2) is 9.78 Å². The Bertz CT molecular complexity index is 564. The van der Waals surface area contributed by atoms with Gasteiger partial charge in [0.2, 0.25) is 5.91 Å². The zero-order valence-corrected chi connectivity index (χ0v) is 12.5. The molecule has 8 heteroatoms. The van der Waals surface area contributed by atoms with Gasteiger partial charge in [-0.1, -0.05) is 19.3 Å². The van der Waals surface area contributed by atoms with Gasteiger partial charge >= 0.3 is 5.97 Å². The third-order valence-electron chi connectivity index (χ3n) is 3.49. The molecule has 21 heavy (non-hydrogen) atoms. The molecule has 2 amide bonds. The van der Waals surface area contributed by atoms with Crippen LogP contribution in [0, 0.1) is 0 Å². The number of nitrogens with zero attached hydrogens (tertiary/aromatic N) is 1. The van der Waals surface area contributed by atoms with Gasteiger partial charge in [0.1, 0.15) is 11.2 Å². The highest BCUT2D eigenvalue weighted by atomic mass is 32.1. The summed E-state index contributed by atoms with van der Waals surface area (Å²) in [5, 5.41) is 16.3. The molecule has 0 aliphatic heterocycles. The molecule has 0 saturated heterocycles. The first-order valence-corrected chi connectivity index (χ1v) is 7.60. The third-order valence-corrected chi connectivity index (χ3v) is 4.25. The average Bonchev–Trinajstić information content (AvgIpc) is 2.87. The van der Waals surface area contributed by atoms with Gasteiger partial charge in [0.05, 0.1) is 0 Å². The minimum atomic E-state index is -1.20. The van der Waals surface area contributed by atoms with E-state index in [1.165, 1.54) is 12.3 Å². The van der Waals surface area contributed by atoms with Crippen LogP contribution in [0.25, 0.3) is 0 Å². The number of aliphatic carboxylic acids is 1. The maximum atomic E-state index is 12.2. The number of hydrogen-bond donors (Lipinski definition) is 3. The molecule has 7 nitrogen and oxygen atoms in total. The van der Waals surface area contributed by atoms with Gasteiger partial charge in [0.25, 0.3) is 5.91 Å². The highest BCUT2D eigenvalue weighted by Gasteiger charge is 2.41. The molecule has 1 saturated carbocycles. The lowest BCUT2D eigenvalue weighted by atomic mass is 9.81. The summed E-state index contributed by atoms with van der Waals surface area (Å²) in [5.74, 6) is -1.80. The van der Waals surface area contributed by atoms with Gasteiger partial charge in [-0.3, -0.25) is 9.59 Å². The second kappa shape index (κ2) is 6.21. The summed E-state index contributed by atoms with van der Waals surface area (Å²) in [5.41, 5.74) is -1.08. The van der Waals surface area contributed by atoms with Crippen LogP contribution < -0.4 is 10.6 Å². The van der Waals surface area contributed by atoms with Crippen molar-refractivity contribution in [3.05, 3.63) is 11.1 Å². The molecule has 1 aliphatic carbocycles. The molecule has 0 radical (unpaired) electrons. The van der Waals surface area contributed by atoms with E-state index < -0.39 is 17.4 Å². The summed E-state index contributed by atoms with van der Waals surface area (Å²) in [6, 6.07) is 0. The minimum Gasteiger partial charge on any atom is -0.480 e. The molecular formula is C13H17N3O4S. The predicted octanol–water partition coefficient (Wildman–Crippen LogP) is 1.62. The molecule has 1 heterocycles. The van der Waals surface area contributed by atoms with Gasteiger partial charge in [-0.05, 0) is 12.8 Å². The van der Waals surface area contributed by atoms with Crippen LogP contribution in [0.1, 0.15) is 49.5 Å². The Morgan fingerprint density at radius 2 is 1.95 bits per heavy atom. The molecule has 0 atom stereocenters. The van der Waals surface area contributed by atoms with Crippen molar-refractivity contribution in [3.8, 4) is 0 Å². The number of carboxylic acids is 1. The number of nitrogens with one attached hydrogen (secondary N) is 2. The van der Waals surface area contributed by atoms with Crippen molar-refractivity contribution in [1.29, 1.82) is 0 Å². The fourth-order valence-electron chi connectivity index (χ4n) is 2.42. The Balaban J connectivity index is 2.10. The fraction of sp³-hybridized carbons (Fsp3) is 0.538. The Morgan fingerprint density at radius 3 is 2.52 bits per heavy atom. The third kappa shape index (κ3) is 3.57. The molecule has 0 unspecified atom stereocenters. The zero-order valence-electron chi connectivity index (χ0n) is 11.6. The lowest BCUT2D eigenvalue weighted by Gasteiger charge is -2.33. The number of thiazole rings is 1. The maximum absolute atomic E-state index is 12.2. The van der Waals surface area contributed by atoms with E-state index in [0.717, 1.165) is 30.6 Å². The van der Waals surface area contributed by atoms with Crippen molar-refractivity contribution in [1.82, 2.24) is 10.3 Å².